The second-order valence-electron chi connectivity index (χ2n) is 4.94. The molecule has 0 aliphatic carbocycles. The highest BCUT2D eigenvalue weighted by Crippen LogP contribution is 2.37. The van der Waals surface area contributed by atoms with Crippen LogP contribution in [0.3, 0.4) is 0 Å². The molecule has 0 spiro atoms. The van der Waals surface area contributed by atoms with Crippen LogP contribution >= 0.6 is 0 Å². The SMILES string of the molecule is Cc1noc(C)c1S(=O)(=O)N1CCC[C@H]1c1ccco1. The molecule has 0 radical (unpaired) electrons. The predicted molar refractivity (Wildman–Crippen MR) is 70.6 cm³/mol. The van der Waals surface area contributed by atoms with Crippen LogP contribution in [0.15, 0.2) is 32.2 Å². The summed E-state index contributed by atoms with van der Waals surface area (Å²) in [5, 5.41) is 3.74. The monoisotopic (exact) mass is 296 g/mol. The Balaban J connectivity index is 2.03. The number of hydrogen-bond donors (Lipinski definition) is 0. The fourth-order valence-corrected chi connectivity index (χ4v) is 4.71. The fraction of sp³-hybridized carbons (Fsp3) is 0.462. The van der Waals surface area contributed by atoms with E-state index in [1.165, 1.54) is 4.31 Å². The van der Waals surface area contributed by atoms with Crippen LogP contribution in [0.1, 0.15) is 36.1 Å². The summed E-state index contributed by atoms with van der Waals surface area (Å²) in [5.74, 6) is 1.01. The topological polar surface area (TPSA) is 76.6 Å². The zero-order valence-corrected chi connectivity index (χ0v) is 12.2. The van der Waals surface area contributed by atoms with Crippen LogP contribution in [0.2, 0.25) is 0 Å². The predicted octanol–water partition coefficient (Wildman–Crippen LogP) is 2.41. The number of aryl methyl sites for hydroxylation is 2. The van der Waals surface area contributed by atoms with Gasteiger partial charge >= 0.3 is 0 Å². The highest BCUT2D eigenvalue weighted by molar-refractivity contribution is 7.89. The molecule has 1 saturated heterocycles. The summed E-state index contributed by atoms with van der Waals surface area (Å²) in [4.78, 5) is 0.177. The highest BCUT2D eigenvalue weighted by atomic mass is 32.2. The summed E-state index contributed by atoms with van der Waals surface area (Å²) >= 11 is 0. The first kappa shape index (κ1) is 13.4. The molecule has 1 aliphatic rings. The Bertz CT molecular complexity index is 683. The standard InChI is InChI=1S/C13H16N2O4S/c1-9-13(10(2)19-14-9)20(16,17)15-7-3-5-11(15)12-6-4-8-18-12/h4,6,8,11H,3,5,7H2,1-2H3/t11-/m0/s1. The summed E-state index contributed by atoms with van der Waals surface area (Å²) in [5.41, 5.74) is 0.396. The van der Waals surface area contributed by atoms with Crippen LogP contribution in [0.25, 0.3) is 0 Å². The summed E-state index contributed by atoms with van der Waals surface area (Å²) in [6.45, 7) is 3.74. The molecule has 1 atom stereocenters. The first-order chi connectivity index (χ1) is 9.51. The van der Waals surface area contributed by atoms with E-state index in [-0.39, 0.29) is 10.9 Å². The third-order valence-electron chi connectivity index (χ3n) is 3.61. The normalized spacial score (nSPS) is 20.6. The summed E-state index contributed by atoms with van der Waals surface area (Å²) in [6.07, 6.45) is 3.14. The zero-order valence-electron chi connectivity index (χ0n) is 11.4. The number of nitrogens with zero attached hydrogens (tertiary/aromatic N) is 2. The van der Waals surface area contributed by atoms with Gasteiger partial charge in [-0.2, -0.15) is 4.31 Å². The molecule has 1 fully saturated rings. The lowest BCUT2D eigenvalue weighted by Crippen LogP contribution is -2.31. The minimum atomic E-state index is -3.61. The molecule has 6 nitrogen and oxygen atoms in total. The van der Waals surface area contributed by atoms with Gasteiger partial charge in [0, 0.05) is 6.54 Å². The van der Waals surface area contributed by atoms with Crippen molar-refractivity contribution in [2.24, 2.45) is 0 Å². The minimum Gasteiger partial charge on any atom is -0.468 e. The maximum absolute atomic E-state index is 12.8. The molecule has 2 aromatic rings. The van der Waals surface area contributed by atoms with E-state index >= 15 is 0 Å². The third kappa shape index (κ3) is 1.97. The number of aromatic nitrogens is 1. The van der Waals surface area contributed by atoms with Crippen molar-refractivity contribution in [3.05, 3.63) is 35.6 Å². The van der Waals surface area contributed by atoms with Crippen LogP contribution in [0, 0.1) is 13.8 Å². The molecule has 2 aromatic heterocycles. The van der Waals surface area contributed by atoms with Gasteiger partial charge in [-0.15, -0.1) is 0 Å². The van der Waals surface area contributed by atoms with Gasteiger partial charge in [-0.25, -0.2) is 8.42 Å². The smallest absolute Gasteiger partial charge is 0.249 e. The summed E-state index contributed by atoms with van der Waals surface area (Å²) in [7, 11) is -3.61. The van der Waals surface area contributed by atoms with E-state index in [0.717, 1.165) is 12.8 Å². The second kappa shape index (κ2) is 4.75. The Morgan fingerprint density at radius 1 is 1.40 bits per heavy atom. The van der Waals surface area contributed by atoms with E-state index in [0.29, 0.717) is 23.8 Å². The van der Waals surface area contributed by atoms with E-state index < -0.39 is 10.0 Å². The molecule has 3 heterocycles. The summed E-state index contributed by atoms with van der Waals surface area (Å²) < 4.78 is 37.5. The molecule has 20 heavy (non-hydrogen) atoms. The van der Waals surface area contributed by atoms with Crippen LogP contribution in [0.5, 0.6) is 0 Å². The van der Waals surface area contributed by atoms with E-state index in [2.05, 4.69) is 5.16 Å². The molecule has 108 valence electrons. The Kier molecular flexibility index (Phi) is 3.18. The molecule has 0 unspecified atom stereocenters. The van der Waals surface area contributed by atoms with Crippen molar-refractivity contribution in [3.8, 4) is 0 Å². The maximum atomic E-state index is 12.8. The number of furan rings is 1. The largest absolute Gasteiger partial charge is 0.468 e. The minimum absolute atomic E-state index is 0.177. The molecular formula is C13H16N2O4S. The lowest BCUT2D eigenvalue weighted by molar-refractivity contribution is 0.338. The highest BCUT2D eigenvalue weighted by Gasteiger charge is 2.40. The van der Waals surface area contributed by atoms with Crippen molar-refractivity contribution >= 4 is 10.0 Å². The average Bonchev–Trinajstić information content (AvgIpc) is 3.08. The van der Waals surface area contributed by atoms with Crippen LogP contribution in [-0.4, -0.2) is 24.4 Å². The van der Waals surface area contributed by atoms with E-state index in [4.69, 9.17) is 8.94 Å². The molecule has 0 aromatic carbocycles. The molecule has 0 N–H and O–H groups in total. The van der Waals surface area contributed by atoms with Crippen molar-refractivity contribution in [1.29, 1.82) is 0 Å². The number of rotatable bonds is 3. The van der Waals surface area contributed by atoms with Crippen molar-refractivity contribution < 1.29 is 17.4 Å². The molecule has 1 aliphatic heterocycles. The Labute approximate surface area is 117 Å². The average molecular weight is 296 g/mol. The number of hydrogen-bond acceptors (Lipinski definition) is 5. The van der Waals surface area contributed by atoms with Gasteiger partial charge in [0.05, 0.1) is 12.3 Å². The second-order valence-corrected chi connectivity index (χ2v) is 6.77. The number of sulfonamides is 1. The van der Waals surface area contributed by atoms with Gasteiger partial charge < -0.3 is 8.94 Å². The molecule has 3 rings (SSSR count). The Morgan fingerprint density at radius 3 is 2.80 bits per heavy atom. The van der Waals surface area contributed by atoms with Crippen molar-refractivity contribution in [3.63, 3.8) is 0 Å². The van der Waals surface area contributed by atoms with Gasteiger partial charge in [0.1, 0.15) is 16.3 Å². The fourth-order valence-electron chi connectivity index (χ4n) is 2.75. The molecular weight excluding hydrogens is 280 g/mol. The lowest BCUT2D eigenvalue weighted by Gasteiger charge is -2.22. The van der Waals surface area contributed by atoms with Crippen molar-refractivity contribution in [2.75, 3.05) is 6.54 Å². The van der Waals surface area contributed by atoms with E-state index in [1.807, 2.05) is 6.07 Å². The van der Waals surface area contributed by atoms with E-state index in [9.17, 15) is 8.42 Å². The van der Waals surface area contributed by atoms with Crippen LogP contribution in [-0.2, 0) is 10.0 Å². The van der Waals surface area contributed by atoms with Crippen LogP contribution < -0.4 is 0 Å². The molecule has 0 bridgehead atoms. The first-order valence-electron chi connectivity index (χ1n) is 6.50. The Hall–Kier alpha value is -1.60. The summed E-state index contributed by atoms with van der Waals surface area (Å²) in [6, 6.07) is 3.34. The molecule has 0 saturated carbocycles. The molecule has 7 heteroatoms. The van der Waals surface area contributed by atoms with E-state index in [1.54, 1.807) is 26.2 Å². The molecule has 0 amide bonds. The van der Waals surface area contributed by atoms with Gasteiger partial charge in [0.15, 0.2) is 5.76 Å². The van der Waals surface area contributed by atoms with Crippen LogP contribution in [0.4, 0.5) is 0 Å². The van der Waals surface area contributed by atoms with Gasteiger partial charge in [-0.1, -0.05) is 5.16 Å². The van der Waals surface area contributed by atoms with Gasteiger partial charge in [-0.05, 0) is 38.8 Å². The quantitative estimate of drug-likeness (QED) is 0.869. The first-order valence-corrected chi connectivity index (χ1v) is 7.94. The van der Waals surface area contributed by atoms with Gasteiger partial charge in [0.2, 0.25) is 10.0 Å². The van der Waals surface area contributed by atoms with Gasteiger partial charge in [-0.3, -0.25) is 0 Å². The Morgan fingerprint density at radius 2 is 2.20 bits per heavy atom. The third-order valence-corrected chi connectivity index (χ3v) is 5.76. The maximum Gasteiger partial charge on any atom is 0.249 e. The van der Waals surface area contributed by atoms with Crippen molar-refractivity contribution in [1.82, 2.24) is 9.46 Å². The lowest BCUT2D eigenvalue weighted by atomic mass is 10.2. The van der Waals surface area contributed by atoms with Crippen molar-refractivity contribution in [2.45, 2.75) is 37.6 Å². The zero-order chi connectivity index (χ0) is 14.3. The van der Waals surface area contributed by atoms with Gasteiger partial charge in [0.25, 0.3) is 0 Å².